The molecule has 0 radical (unpaired) electrons. The molecule has 2 aromatic rings. The van der Waals surface area contributed by atoms with E-state index >= 15 is 0 Å². The summed E-state index contributed by atoms with van der Waals surface area (Å²) < 4.78 is 5.39. The van der Waals surface area contributed by atoms with Gasteiger partial charge in [0.05, 0.1) is 18.5 Å². The van der Waals surface area contributed by atoms with Crippen LogP contribution in [0.5, 0.6) is 5.75 Å². The van der Waals surface area contributed by atoms with E-state index in [-0.39, 0.29) is 5.91 Å². The van der Waals surface area contributed by atoms with E-state index in [1.807, 2.05) is 49.4 Å². The van der Waals surface area contributed by atoms with Gasteiger partial charge in [-0.3, -0.25) is 9.69 Å². The topological polar surface area (TPSA) is 45.1 Å². The Bertz CT molecular complexity index is 1060. The maximum absolute atomic E-state index is 13.3. The molecular weight excluding hydrogens is 414 g/mol. The summed E-state index contributed by atoms with van der Waals surface area (Å²) in [5.41, 5.74) is 3.07. The molecule has 2 heterocycles. The van der Waals surface area contributed by atoms with Crippen LogP contribution < -0.4 is 9.64 Å². The Morgan fingerprint density at radius 2 is 1.90 bits per heavy atom. The molecule has 5 nitrogen and oxygen atoms in total. The minimum atomic E-state index is -0.0357. The monoisotopic (exact) mass is 437 g/mol. The van der Waals surface area contributed by atoms with Crippen molar-refractivity contribution in [1.82, 2.24) is 4.90 Å². The number of amidine groups is 1. The average Bonchev–Trinajstić information content (AvgIpc) is 3.27. The van der Waals surface area contributed by atoms with Crippen molar-refractivity contribution in [3.63, 3.8) is 0 Å². The first-order valence-corrected chi connectivity index (χ1v) is 11.3. The van der Waals surface area contributed by atoms with E-state index in [4.69, 9.17) is 9.73 Å². The van der Waals surface area contributed by atoms with Crippen LogP contribution in [-0.2, 0) is 4.79 Å². The highest BCUT2D eigenvalue weighted by atomic mass is 32.2. The number of carbonyl (C=O) groups is 1. The summed E-state index contributed by atoms with van der Waals surface area (Å²) in [6.45, 7) is 9.12. The highest BCUT2D eigenvalue weighted by Crippen LogP contribution is 2.51. The predicted octanol–water partition coefficient (Wildman–Crippen LogP) is 5.55. The third-order valence-electron chi connectivity index (χ3n) is 4.85. The maximum atomic E-state index is 13.3. The number of methoxy groups -OCH3 is 1. The number of hydrogen-bond donors (Lipinski definition) is 0. The van der Waals surface area contributed by atoms with Gasteiger partial charge >= 0.3 is 0 Å². The van der Waals surface area contributed by atoms with E-state index in [9.17, 15) is 4.79 Å². The van der Waals surface area contributed by atoms with Crippen LogP contribution in [0.25, 0.3) is 0 Å². The Hall–Kier alpha value is -2.64. The molecule has 0 N–H and O–H groups in total. The molecule has 0 spiro atoms. The molecule has 7 heteroatoms. The molecule has 1 fully saturated rings. The van der Waals surface area contributed by atoms with Gasteiger partial charge in [-0.1, -0.05) is 35.5 Å². The summed E-state index contributed by atoms with van der Waals surface area (Å²) in [5, 5.41) is 1.62. The molecule has 2 aliphatic rings. The molecule has 0 unspecified atom stereocenters. The number of nitrogens with zero attached hydrogens (tertiary/aromatic N) is 3. The zero-order valence-corrected chi connectivity index (χ0v) is 18.8. The fourth-order valence-corrected chi connectivity index (χ4v) is 5.69. The number of carbonyl (C=O) groups excluding carboxylic acids is 1. The number of aliphatic imine (C=N–C) groups is 1. The van der Waals surface area contributed by atoms with E-state index in [1.165, 1.54) is 17.3 Å². The van der Waals surface area contributed by atoms with E-state index in [0.29, 0.717) is 16.6 Å². The summed E-state index contributed by atoms with van der Waals surface area (Å²) in [7, 11) is 1.66. The predicted molar refractivity (Wildman–Crippen MR) is 127 cm³/mol. The molecule has 0 saturated carbocycles. The van der Waals surface area contributed by atoms with Gasteiger partial charge in [0.1, 0.15) is 15.7 Å². The third-order valence-corrected chi connectivity index (χ3v) is 7.23. The SMILES string of the molecule is C=CCN1C(=O)/C(=C2/Sc3ccc(OC)cc3N2CC)SC1=Nc1ccc(C)cc1. The van der Waals surface area contributed by atoms with Gasteiger partial charge in [-0.15, -0.1) is 6.58 Å². The van der Waals surface area contributed by atoms with Gasteiger partial charge in [-0.25, -0.2) is 4.99 Å². The van der Waals surface area contributed by atoms with Crippen LogP contribution in [0.3, 0.4) is 0 Å². The van der Waals surface area contributed by atoms with Crippen molar-refractivity contribution in [2.75, 3.05) is 25.1 Å². The van der Waals surface area contributed by atoms with Crippen molar-refractivity contribution in [3.05, 3.63) is 70.6 Å². The van der Waals surface area contributed by atoms with Crippen LogP contribution in [-0.4, -0.2) is 36.2 Å². The Kier molecular flexibility index (Phi) is 5.92. The number of hydrogen-bond acceptors (Lipinski definition) is 6. The summed E-state index contributed by atoms with van der Waals surface area (Å²) in [5.74, 6) is 0.769. The summed E-state index contributed by atoms with van der Waals surface area (Å²) in [6, 6.07) is 14.0. The van der Waals surface area contributed by atoms with Gasteiger partial charge in [0.2, 0.25) is 0 Å². The smallest absolute Gasteiger partial charge is 0.269 e. The lowest BCUT2D eigenvalue weighted by Gasteiger charge is -2.19. The first-order chi connectivity index (χ1) is 14.5. The van der Waals surface area contributed by atoms with Crippen LogP contribution in [0.15, 0.2) is 74.9 Å². The van der Waals surface area contributed by atoms with Crippen molar-refractivity contribution in [3.8, 4) is 5.75 Å². The minimum Gasteiger partial charge on any atom is -0.497 e. The number of benzene rings is 2. The Labute approximate surface area is 185 Å². The number of ether oxygens (including phenoxy) is 1. The molecule has 0 atom stereocenters. The van der Waals surface area contributed by atoms with E-state index < -0.39 is 0 Å². The average molecular weight is 438 g/mol. The van der Waals surface area contributed by atoms with Crippen molar-refractivity contribution < 1.29 is 9.53 Å². The van der Waals surface area contributed by atoms with Gasteiger partial charge in [0.25, 0.3) is 5.91 Å². The van der Waals surface area contributed by atoms with Crippen LogP contribution >= 0.6 is 23.5 Å². The molecule has 0 aromatic heterocycles. The normalized spacial score (nSPS) is 19.6. The van der Waals surface area contributed by atoms with Gasteiger partial charge in [0, 0.05) is 24.1 Å². The van der Waals surface area contributed by atoms with Crippen LogP contribution in [0.1, 0.15) is 12.5 Å². The molecule has 0 bridgehead atoms. The fourth-order valence-electron chi connectivity index (χ4n) is 3.31. The van der Waals surface area contributed by atoms with Crippen molar-refractivity contribution >= 4 is 46.0 Å². The molecule has 2 aliphatic heterocycles. The number of anilines is 1. The zero-order chi connectivity index (χ0) is 21.3. The van der Waals surface area contributed by atoms with Gasteiger partial charge in [0.15, 0.2) is 5.17 Å². The highest BCUT2D eigenvalue weighted by molar-refractivity contribution is 8.19. The largest absolute Gasteiger partial charge is 0.497 e. The second kappa shape index (κ2) is 8.62. The quantitative estimate of drug-likeness (QED) is 0.453. The van der Waals surface area contributed by atoms with Gasteiger partial charge in [-0.2, -0.15) is 0 Å². The van der Waals surface area contributed by atoms with Crippen molar-refractivity contribution in [1.29, 1.82) is 0 Å². The molecule has 154 valence electrons. The second-order valence-corrected chi connectivity index (χ2v) is 8.86. The van der Waals surface area contributed by atoms with Gasteiger partial charge < -0.3 is 9.64 Å². The lowest BCUT2D eigenvalue weighted by Crippen LogP contribution is -2.30. The minimum absolute atomic E-state index is 0.0357. The van der Waals surface area contributed by atoms with Crippen molar-refractivity contribution in [2.45, 2.75) is 18.7 Å². The molecule has 0 aliphatic carbocycles. The summed E-state index contributed by atoms with van der Waals surface area (Å²) in [4.78, 5) is 23.8. The maximum Gasteiger partial charge on any atom is 0.269 e. The van der Waals surface area contributed by atoms with Crippen LogP contribution in [0, 0.1) is 6.92 Å². The first-order valence-electron chi connectivity index (χ1n) is 9.69. The molecule has 4 rings (SSSR count). The standard InChI is InChI=1S/C23H23N3O2S2/c1-5-13-26-21(27)20(30-23(26)24-16-9-7-15(3)8-10-16)22-25(6-2)18-14-17(28-4)11-12-19(18)29-22/h5,7-12,14H,1,6,13H2,2-4H3/b22-20-,24-23?. The number of aryl methyl sites for hydroxylation is 1. The Morgan fingerprint density at radius 3 is 2.57 bits per heavy atom. The zero-order valence-electron chi connectivity index (χ0n) is 17.2. The number of rotatable bonds is 5. The molecule has 2 aromatic carbocycles. The van der Waals surface area contributed by atoms with Crippen LogP contribution in [0.2, 0.25) is 0 Å². The summed E-state index contributed by atoms with van der Waals surface area (Å²) in [6.07, 6.45) is 1.73. The first kappa shape index (κ1) is 20.6. The summed E-state index contributed by atoms with van der Waals surface area (Å²) >= 11 is 3.05. The molecule has 1 saturated heterocycles. The van der Waals surface area contributed by atoms with E-state index in [2.05, 4.69) is 18.4 Å². The van der Waals surface area contributed by atoms with E-state index in [1.54, 1.807) is 29.8 Å². The molecular formula is C23H23N3O2S2. The number of fused-ring (bicyclic) bond motifs is 1. The lowest BCUT2D eigenvalue weighted by molar-refractivity contribution is -0.121. The van der Waals surface area contributed by atoms with E-state index in [0.717, 1.165) is 33.6 Å². The Balaban J connectivity index is 1.75. The number of amides is 1. The number of thioether (sulfide) groups is 2. The molecule has 30 heavy (non-hydrogen) atoms. The van der Waals surface area contributed by atoms with Crippen molar-refractivity contribution in [2.24, 2.45) is 4.99 Å². The second-order valence-electron chi connectivity index (χ2n) is 6.85. The lowest BCUT2D eigenvalue weighted by atomic mass is 10.2. The third kappa shape index (κ3) is 3.75. The highest BCUT2D eigenvalue weighted by Gasteiger charge is 2.39. The Morgan fingerprint density at radius 1 is 1.13 bits per heavy atom. The fraction of sp³-hybridized carbons (Fsp3) is 0.217. The van der Waals surface area contributed by atoms with Gasteiger partial charge in [-0.05, 0) is 49.9 Å². The molecule has 1 amide bonds. The van der Waals surface area contributed by atoms with Crippen LogP contribution in [0.4, 0.5) is 11.4 Å².